The summed E-state index contributed by atoms with van der Waals surface area (Å²) in [5.74, 6) is -1.14. The van der Waals surface area contributed by atoms with Crippen molar-refractivity contribution in [3.63, 3.8) is 0 Å². The highest BCUT2D eigenvalue weighted by atomic mass is 19.1. The van der Waals surface area contributed by atoms with Gasteiger partial charge < -0.3 is 4.42 Å². The molecule has 1 aromatic heterocycles. The Hall–Kier alpha value is -4.00. The molecule has 144 valence electrons. The Labute approximate surface area is 165 Å². The van der Waals surface area contributed by atoms with Crippen LogP contribution in [0.15, 0.2) is 76.7 Å². The molecule has 0 saturated carbocycles. The Morgan fingerprint density at radius 1 is 0.931 bits per heavy atom. The lowest BCUT2D eigenvalue weighted by Crippen LogP contribution is -2.53. The summed E-state index contributed by atoms with van der Waals surface area (Å²) in [6, 6.07) is 17.2. The minimum Gasteiger partial charge on any atom is -0.457 e. The Balaban J connectivity index is 1.60. The number of carbonyl (C=O) groups excluding carboxylic acids is 3. The van der Waals surface area contributed by atoms with Gasteiger partial charge in [0.05, 0.1) is 6.54 Å². The quantitative estimate of drug-likeness (QED) is 0.544. The van der Waals surface area contributed by atoms with Gasteiger partial charge in [0.25, 0.3) is 11.8 Å². The molecule has 1 N–H and O–H groups in total. The van der Waals surface area contributed by atoms with Gasteiger partial charge >= 0.3 is 6.03 Å². The number of hydrogen-bond acceptors (Lipinski definition) is 4. The molecule has 3 aromatic rings. The zero-order valence-corrected chi connectivity index (χ0v) is 15.1. The number of benzene rings is 2. The zero-order valence-electron chi connectivity index (χ0n) is 15.1. The summed E-state index contributed by atoms with van der Waals surface area (Å²) in [5.41, 5.74) is 1.19. The first kappa shape index (κ1) is 18.4. The highest BCUT2D eigenvalue weighted by Crippen LogP contribution is 2.25. The Kier molecular flexibility index (Phi) is 4.78. The molecule has 1 fully saturated rings. The number of barbiturate groups is 1. The molecule has 1 saturated heterocycles. The predicted octanol–water partition coefficient (Wildman–Crippen LogP) is 3.75. The second-order valence-electron chi connectivity index (χ2n) is 6.40. The molecule has 29 heavy (non-hydrogen) atoms. The maximum Gasteiger partial charge on any atom is 0.331 e. The van der Waals surface area contributed by atoms with Gasteiger partial charge in [-0.15, -0.1) is 0 Å². The maximum atomic E-state index is 13.1. The first-order valence-electron chi connectivity index (χ1n) is 8.80. The number of imide groups is 2. The second kappa shape index (κ2) is 7.55. The third-order valence-corrected chi connectivity index (χ3v) is 4.41. The van der Waals surface area contributed by atoms with Crippen LogP contribution in [0.5, 0.6) is 0 Å². The summed E-state index contributed by atoms with van der Waals surface area (Å²) in [6.07, 6.45) is 1.29. The van der Waals surface area contributed by atoms with Crippen LogP contribution in [0.4, 0.5) is 9.18 Å². The van der Waals surface area contributed by atoms with E-state index in [1.807, 2.05) is 6.07 Å². The molecule has 0 radical (unpaired) electrons. The first-order valence-corrected chi connectivity index (χ1v) is 8.80. The highest BCUT2D eigenvalue weighted by molar-refractivity contribution is 6.30. The molecule has 2 heterocycles. The fourth-order valence-electron chi connectivity index (χ4n) is 2.95. The molecule has 0 aliphatic carbocycles. The lowest BCUT2D eigenvalue weighted by atomic mass is 10.1. The maximum absolute atomic E-state index is 13.1. The Morgan fingerprint density at radius 3 is 2.38 bits per heavy atom. The third kappa shape index (κ3) is 3.84. The average Bonchev–Trinajstić information content (AvgIpc) is 3.18. The van der Waals surface area contributed by atoms with E-state index in [1.54, 1.807) is 48.5 Å². The molecule has 6 nitrogen and oxygen atoms in total. The molecular weight excluding hydrogens is 375 g/mol. The van der Waals surface area contributed by atoms with Crippen molar-refractivity contribution in [2.45, 2.75) is 6.54 Å². The molecule has 7 heteroatoms. The van der Waals surface area contributed by atoms with Crippen molar-refractivity contribution in [2.75, 3.05) is 0 Å². The molecule has 4 amide bonds. The van der Waals surface area contributed by atoms with Crippen LogP contribution in [0.3, 0.4) is 0 Å². The van der Waals surface area contributed by atoms with Gasteiger partial charge in [-0.2, -0.15) is 0 Å². The number of carbonyl (C=O) groups is 3. The van der Waals surface area contributed by atoms with Gasteiger partial charge in [-0.05, 0) is 48.0 Å². The summed E-state index contributed by atoms with van der Waals surface area (Å²) in [5, 5.41) is 2.17. The summed E-state index contributed by atoms with van der Waals surface area (Å²) >= 11 is 0. The van der Waals surface area contributed by atoms with E-state index in [1.165, 1.54) is 18.2 Å². The molecule has 0 spiro atoms. The predicted molar refractivity (Wildman–Crippen MR) is 103 cm³/mol. The summed E-state index contributed by atoms with van der Waals surface area (Å²) in [4.78, 5) is 38.1. The van der Waals surface area contributed by atoms with Crippen molar-refractivity contribution in [3.8, 4) is 11.3 Å². The van der Waals surface area contributed by atoms with Crippen LogP contribution in [-0.2, 0) is 16.1 Å². The smallest absolute Gasteiger partial charge is 0.331 e. The highest BCUT2D eigenvalue weighted by Gasteiger charge is 2.35. The Morgan fingerprint density at radius 2 is 1.66 bits per heavy atom. The average molecular weight is 390 g/mol. The van der Waals surface area contributed by atoms with E-state index in [0.717, 1.165) is 10.5 Å². The van der Waals surface area contributed by atoms with Gasteiger partial charge in [-0.3, -0.25) is 19.8 Å². The molecule has 0 unspecified atom stereocenters. The van der Waals surface area contributed by atoms with Crippen LogP contribution >= 0.6 is 0 Å². The van der Waals surface area contributed by atoms with Crippen LogP contribution < -0.4 is 5.32 Å². The number of halogens is 1. The van der Waals surface area contributed by atoms with Crippen molar-refractivity contribution in [3.05, 3.63) is 89.4 Å². The van der Waals surface area contributed by atoms with Crippen molar-refractivity contribution in [1.29, 1.82) is 0 Å². The number of urea groups is 1. The van der Waals surface area contributed by atoms with Gasteiger partial charge in [0.15, 0.2) is 0 Å². The molecule has 0 bridgehead atoms. The van der Waals surface area contributed by atoms with Gasteiger partial charge in [0.2, 0.25) is 0 Å². The molecule has 2 aromatic carbocycles. The number of amides is 4. The number of furan rings is 1. The SMILES string of the molecule is O=C1NC(=O)N(Cc2ccccc2)C(=O)C1=Cc1ccc(-c2ccc(F)cc2)o1. The normalized spacial score (nSPS) is 15.7. The standard InChI is InChI=1S/C22H15FN2O4/c23-16-8-6-15(7-9-16)19-11-10-17(29-19)12-18-20(26)24-22(28)25(21(18)27)13-14-4-2-1-3-5-14/h1-12H,13H2,(H,24,26,28). The van der Waals surface area contributed by atoms with E-state index < -0.39 is 17.8 Å². The second-order valence-corrected chi connectivity index (χ2v) is 6.40. The zero-order chi connectivity index (χ0) is 20.4. The summed E-state index contributed by atoms with van der Waals surface area (Å²) < 4.78 is 18.7. The lowest BCUT2D eigenvalue weighted by molar-refractivity contribution is -0.130. The fourth-order valence-corrected chi connectivity index (χ4v) is 2.95. The molecule has 4 rings (SSSR count). The van der Waals surface area contributed by atoms with Gasteiger partial charge in [0.1, 0.15) is 22.9 Å². The van der Waals surface area contributed by atoms with E-state index in [4.69, 9.17) is 4.42 Å². The fraction of sp³-hybridized carbons (Fsp3) is 0.0455. The van der Waals surface area contributed by atoms with E-state index in [-0.39, 0.29) is 23.7 Å². The minimum absolute atomic E-state index is 0.0368. The van der Waals surface area contributed by atoms with Gasteiger partial charge in [-0.25, -0.2) is 9.18 Å². The summed E-state index contributed by atoms with van der Waals surface area (Å²) in [6.45, 7) is 0.0368. The van der Waals surface area contributed by atoms with Crippen LogP contribution in [0, 0.1) is 5.82 Å². The minimum atomic E-state index is -0.788. The third-order valence-electron chi connectivity index (χ3n) is 4.41. The van der Waals surface area contributed by atoms with Crippen LogP contribution in [0.1, 0.15) is 11.3 Å². The molecule has 1 aliphatic heterocycles. The van der Waals surface area contributed by atoms with Crippen LogP contribution in [0.2, 0.25) is 0 Å². The van der Waals surface area contributed by atoms with Gasteiger partial charge in [-0.1, -0.05) is 30.3 Å². The summed E-state index contributed by atoms with van der Waals surface area (Å²) in [7, 11) is 0. The Bertz CT molecular complexity index is 1120. The number of hydrogen-bond donors (Lipinski definition) is 1. The van der Waals surface area contributed by atoms with E-state index >= 15 is 0 Å². The topological polar surface area (TPSA) is 79.6 Å². The van der Waals surface area contributed by atoms with Crippen LogP contribution in [0.25, 0.3) is 17.4 Å². The monoisotopic (exact) mass is 390 g/mol. The molecule has 1 aliphatic rings. The van der Waals surface area contributed by atoms with Gasteiger partial charge in [0, 0.05) is 5.56 Å². The first-order chi connectivity index (χ1) is 14.0. The van der Waals surface area contributed by atoms with Crippen molar-refractivity contribution >= 4 is 23.9 Å². The lowest BCUT2D eigenvalue weighted by Gasteiger charge is -2.26. The molecular formula is C22H15FN2O4. The van der Waals surface area contributed by atoms with E-state index in [2.05, 4.69) is 5.32 Å². The number of nitrogens with one attached hydrogen (secondary N) is 1. The van der Waals surface area contributed by atoms with Crippen molar-refractivity contribution in [1.82, 2.24) is 10.2 Å². The van der Waals surface area contributed by atoms with Crippen LogP contribution in [-0.4, -0.2) is 22.7 Å². The van der Waals surface area contributed by atoms with E-state index in [9.17, 15) is 18.8 Å². The number of nitrogens with zero attached hydrogens (tertiary/aromatic N) is 1. The van der Waals surface area contributed by atoms with Crippen molar-refractivity contribution < 1.29 is 23.2 Å². The number of rotatable bonds is 4. The van der Waals surface area contributed by atoms with Crippen molar-refractivity contribution in [2.24, 2.45) is 0 Å². The molecule has 0 atom stereocenters. The largest absolute Gasteiger partial charge is 0.457 e. The van der Waals surface area contributed by atoms with E-state index in [0.29, 0.717) is 11.3 Å².